The van der Waals surface area contributed by atoms with Crippen molar-refractivity contribution < 1.29 is 19.1 Å². The number of pyridine rings is 1. The van der Waals surface area contributed by atoms with Crippen LogP contribution in [0.15, 0.2) is 42.6 Å². The molecule has 1 saturated heterocycles. The molecule has 2 amide bonds. The number of hydrogen-bond donors (Lipinski definition) is 2. The maximum Gasteiger partial charge on any atom is 0.246 e. The predicted molar refractivity (Wildman–Crippen MR) is 99.7 cm³/mol. The maximum absolute atomic E-state index is 12.5. The Morgan fingerprint density at radius 2 is 1.89 bits per heavy atom. The van der Waals surface area contributed by atoms with Gasteiger partial charge in [-0.2, -0.15) is 0 Å². The first-order valence-corrected chi connectivity index (χ1v) is 8.53. The molecule has 0 aliphatic carbocycles. The minimum Gasteiger partial charge on any atom is -0.497 e. The van der Waals surface area contributed by atoms with Gasteiger partial charge in [0.05, 0.1) is 19.0 Å². The summed E-state index contributed by atoms with van der Waals surface area (Å²) in [5.41, 5.74) is 5.59. The van der Waals surface area contributed by atoms with Crippen LogP contribution in [-0.4, -0.2) is 47.4 Å². The van der Waals surface area contributed by atoms with Crippen molar-refractivity contribution in [3.8, 4) is 17.4 Å². The van der Waals surface area contributed by atoms with E-state index in [0.29, 0.717) is 30.3 Å². The number of anilines is 1. The van der Waals surface area contributed by atoms with E-state index in [1.54, 1.807) is 48.4 Å². The van der Waals surface area contributed by atoms with Crippen LogP contribution in [0.25, 0.3) is 0 Å². The molecule has 1 aromatic heterocycles. The van der Waals surface area contributed by atoms with E-state index in [-0.39, 0.29) is 18.4 Å². The number of aromatic nitrogens is 1. The lowest BCUT2D eigenvalue weighted by molar-refractivity contribution is -0.128. The van der Waals surface area contributed by atoms with Crippen molar-refractivity contribution in [2.75, 3.05) is 25.5 Å². The van der Waals surface area contributed by atoms with E-state index in [1.807, 2.05) is 0 Å². The molecule has 3 rings (SSSR count). The van der Waals surface area contributed by atoms with Crippen molar-refractivity contribution in [1.82, 2.24) is 9.88 Å². The van der Waals surface area contributed by atoms with Crippen LogP contribution in [0.2, 0.25) is 0 Å². The zero-order valence-electron chi connectivity index (χ0n) is 15.3. The minimum atomic E-state index is -1.09. The van der Waals surface area contributed by atoms with E-state index in [0.717, 1.165) is 5.75 Å². The van der Waals surface area contributed by atoms with Gasteiger partial charge in [0.1, 0.15) is 17.0 Å². The molecule has 27 heavy (non-hydrogen) atoms. The highest BCUT2D eigenvalue weighted by molar-refractivity contribution is 5.98. The number of ether oxygens (including phenoxy) is 2. The van der Waals surface area contributed by atoms with Gasteiger partial charge in [0.2, 0.25) is 17.7 Å². The molecule has 1 aromatic carbocycles. The van der Waals surface area contributed by atoms with E-state index in [2.05, 4.69) is 10.3 Å². The van der Waals surface area contributed by atoms with Gasteiger partial charge in [0, 0.05) is 26.1 Å². The van der Waals surface area contributed by atoms with Crippen LogP contribution in [0, 0.1) is 0 Å². The standard InChI is InChI=1S/C19H22N4O4/c1-13(24)23-10-9-19(20,12-23)18(25)22-14-3-8-17(21-11-14)27-16-6-4-15(26-2)5-7-16/h3-8,11H,9-10,12,20H2,1-2H3,(H,22,25). The summed E-state index contributed by atoms with van der Waals surface area (Å²) in [7, 11) is 1.60. The summed E-state index contributed by atoms with van der Waals surface area (Å²) in [5.74, 6) is 1.33. The molecule has 1 aliphatic rings. The van der Waals surface area contributed by atoms with Crippen LogP contribution in [0.1, 0.15) is 13.3 Å². The Labute approximate surface area is 157 Å². The molecule has 0 spiro atoms. The summed E-state index contributed by atoms with van der Waals surface area (Å²) in [6.45, 7) is 2.15. The van der Waals surface area contributed by atoms with Crippen LogP contribution < -0.4 is 20.5 Å². The van der Waals surface area contributed by atoms with Gasteiger partial charge >= 0.3 is 0 Å². The van der Waals surface area contributed by atoms with Gasteiger partial charge < -0.3 is 25.4 Å². The minimum absolute atomic E-state index is 0.0863. The first-order valence-electron chi connectivity index (χ1n) is 8.53. The molecule has 1 atom stereocenters. The van der Waals surface area contributed by atoms with Crippen molar-refractivity contribution in [3.05, 3.63) is 42.6 Å². The third-order valence-corrected chi connectivity index (χ3v) is 4.47. The fraction of sp³-hybridized carbons (Fsp3) is 0.316. The van der Waals surface area contributed by atoms with Crippen molar-refractivity contribution in [1.29, 1.82) is 0 Å². The lowest BCUT2D eigenvalue weighted by atomic mass is 9.99. The molecule has 1 fully saturated rings. The number of hydrogen-bond acceptors (Lipinski definition) is 6. The SMILES string of the molecule is COc1ccc(Oc2ccc(NC(=O)C3(N)CCN(C(C)=O)C3)cn2)cc1. The van der Waals surface area contributed by atoms with Gasteiger partial charge in [-0.3, -0.25) is 9.59 Å². The van der Waals surface area contributed by atoms with Gasteiger partial charge in [0.15, 0.2) is 0 Å². The molecule has 1 unspecified atom stereocenters. The number of amides is 2. The highest BCUT2D eigenvalue weighted by Gasteiger charge is 2.42. The molecule has 0 saturated carbocycles. The molecule has 8 nitrogen and oxygen atoms in total. The number of rotatable bonds is 5. The number of likely N-dealkylation sites (tertiary alicyclic amines) is 1. The number of carbonyl (C=O) groups excluding carboxylic acids is 2. The molecule has 8 heteroatoms. The van der Waals surface area contributed by atoms with Crippen LogP contribution in [-0.2, 0) is 9.59 Å². The molecular weight excluding hydrogens is 348 g/mol. The summed E-state index contributed by atoms with van der Waals surface area (Å²) in [6, 6.07) is 10.5. The monoisotopic (exact) mass is 370 g/mol. The largest absolute Gasteiger partial charge is 0.497 e. The molecule has 3 N–H and O–H groups in total. The van der Waals surface area contributed by atoms with Crippen molar-refractivity contribution in [2.24, 2.45) is 5.73 Å². The van der Waals surface area contributed by atoms with Crippen LogP contribution in [0.3, 0.4) is 0 Å². The average Bonchev–Trinajstić information content (AvgIpc) is 3.08. The Balaban J connectivity index is 1.60. The second-order valence-electron chi connectivity index (χ2n) is 6.46. The number of benzene rings is 1. The van der Waals surface area contributed by atoms with Crippen LogP contribution >= 0.6 is 0 Å². The van der Waals surface area contributed by atoms with E-state index < -0.39 is 5.54 Å². The van der Waals surface area contributed by atoms with Crippen molar-refractivity contribution in [2.45, 2.75) is 18.9 Å². The third-order valence-electron chi connectivity index (χ3n) is 4.47. The Kier molecular flexibility index (Phi) is 5.27. The van der Waals surface area contributed by atoms with Gasteiger partial charge in [0.25, 0.3) is 0 Å². The molecular formula is C19H22N4O4. The molecule has 0 bridgehead atoms. The summed E-state index contributed by atoms with van der Waals surface area (Å²) >= 11 is 0. The lowest BCUT2D eigenvalue weighted by Crippen LogP contribution is -2.53. The Bertz CT molecular complexity index is 823. The predicted octanol–water partition coefficient (Wildman–Crippen LogP) is 1.77. The highest BCUT2D eigenvalue weighted by Crippen LogP contribution is 2.24. The first kappa shape index (κ1) is 18.7. The second-order valence-corrected chi connectivity index (χ2v) is 6.46. The van der Waals surface area contributed by atoms with Gasteiger partial charge in [-0.15, -0.1) is 0 Å². The molecule has 1 aliphatic heterocycles. The van der Waals surface area contributed by atoms with E-state index in [9.17, 15) is 9.59 Å². The van der Waals surface area contributed by atoms with Crippen molar-refractivity contribution >= 4 is 17.5 Å². The second kappa shape index (κ2) is 7.63. The third kappa shape index (κ3) is 4.35. The van der Waals surface area contributed by atoms with Crippen LogP contribution in [0.4, 0.5) is 5.69 Å². The number of methoxy groups -OCH3 is 1. The molecule has 2 aromatic rings. The smallest absolute Gasteiger partial charge is 0.246 e. The van der Waals surface area contributed by atoms with E-state index in [4.69, 9.17) is 15.2 Å². The molecule has 2 heterocycles. The van der Waals surface area contributed by atoms with E-state index >= 15 is 0 Å². The zero-order valence-corrected chi connectivity index (χ0v) is 15.3. The van der Waals surface area contributed by atoms with Gasteiger partial charge in [-0.25, -0.2) is 4.98 Å². The number of nitrogens with two attached hydrogens (primary N) is 1. The lowest BCUT2D eigenvalue weighted by Gasteiger charge is -2.23. The number of nitrogens with zero attached hydrogens (tertiary/aromatic N) is 2. The summed E-state index contributed by atoms with van der Waals surface area (Å²) in [6.07, 6.45) is 1.92. The van der Waals surface area contributed by atoms with Gasteiger partial charge in [-0.05, 0) is 36.8 Å². The topological polar surface area (TPSA) is 107 Å². The summed E-state index contributed by atoms with van der Waals surface area (Å²) in [4.78, 5) is 29.7. The molecule has 0 radical (unpaired) electrons. The Morgan fingerprint density at radius 3 is 2.44 bits per heavy atom. The number of nitrogens with one attached hydrogen (secondary N) is 1. The fourth-order valence-corrected chi connectivity index (χ4v) is 2.82. The van der Waals surface area contributed by atoms with E-state index in [1.165, 1.54) is 13.1 Å². The first-order chi connectivity index (χ1) is 12.9. The van der Waals surface area contributed by atoms with Crippen LogP contribution in [0.5, 0.6) is 17.4 Å². The van der Waals surface area contributed by atoms with Gasteiger partial charge in [-0.1, -0.05) is 0 Å². The fourth-order valence-electron chi connectivity index (χ4n) is 2.82. The number of carbonyl (C=O) groups is 2. The summed E-state index contributed by atoms with van der Waals surface area (Å²) < 4.78 is 10.7. The highest BCUT2D eigenvalue weighted by atomic mass is 16.5. The maximum atomic E-state index is 12.5. The average molecular weight is 370 g/mol. The Hall–Kier alpha value is -3.13. The normalized spacial score (nSPS) is 18.9. The molecule has 142 valence electrons. The summed E-state index contributed by atoms with van der Waals surface area (Å²) in [5, 5.41) is 2.75. The zero-order chi connectivity index (χ0) is 19.4. The van der Waals surface area contributed by atoms with Crippen molar-refractivity contribution in [3.63, 3.8) is 0 Å². The Morgan fingerprint density at radius 1 is 1.19 bits per heavy atom. The quantitative estimate of drug-likeness (QED) is 0.831.